The van der Waals surface area contributed by atoms with Crippen LogP contribution in [0.15, 0.2) is 4.99 Å². The van der Waals surface area contributed by atoms with Crippen LogP contribution in [0, 0.1) is 5.92 Å². The van der Waals surface area contributed by atoms with E-state index < -0.39 is 0 Å². The van der Waals surface area contributed by atoms with Gasteiger partial charge in [0.2, 0.25) is 0 Å². The Kier molecular flexibility index (Phi) is 7.35. The highest BCUT2D eigenvalue weighted by atomic mass is 32.2. The highest BCUT2D eigenvalue weighted by Crippen LogP contribution is 2.36. The van der Waals surface area contributed by atoms with E-state index in [1.54, 1.807) is 0 Å². The molecule has 22 heavy (non-hydrogen) atoms. The predicted octanol–water partition coefficient (Wildman–Crippen LogP) is 2.56. The average Bonchev–Trinajstić information content (AvgIpc) is 2.95. The molecular weight excluding hydrogens is 292 g/mol. The summed E-state index contributed by atoms with van der Waals surface area (Å²) >= 11 is 2.09. The van der Waals surface area contributed by atoms with E-state index in [1.807, 2.05) is 7.05 Å². The van der Waals surface area contributed by atoms with Gasteiger partial charge in [-0.25, -0.2) is 0 Å². The smallest absolute Gasteiger partial charge is 0.191 e. The number of likely N-dealkylation sites (tertiary alicyclic amines) is 1. The first kappa shape index (κ1) is 17.9. The van der Waals surface area contributed by atoms with Crippen molar-refractivity contribution in [3.63, 3.8) is 0 Å². The van der Waals surface area contributed by atoms with Gasteiger partial charge in [-0.15, -0.1) is 0 Å². The van der Waals surface area contributed by atoms with Gasteiger partial charge in [0.15, 0.2) is 5.96 Å². The number of hydrogen-bond donors (Lipinski definition) is 2. The van der Waals surface area contributed by atoms with Gasteiger partial charge in [-0.2, -0.15) is 11.8 Å². The highest BCUT2D eigenvalue weighted by molar-refractivity contribution is 8.00. The van der Waals surface area contributed by atoms with Crippen molar-refractivity contribution in [3.8, 4) is 0 Å². The highest BCUT2D eigenvalue weighted by Gasteiger charge is 2.29. The van der Waals surface area contributed by atoms with Gasteiger partial charge in [0, 0.05) is 24.9 Å². The molecule has 0 aliphatic carbocycles. The van der Waals surface area contributed by atoms with Crippen molar-refractivity contribution in [3.05, 3.63) is 0 Å². The van der Waals surface area contributed by atoms with Crippen molar-refractivity contribution in [1.29, 1.82) is 0 Å². The van der Waals surface area contributed by atoms with Crippen LogP contribution in [0.4, 0.5) is 0 Å². The first-order valence-corrected chi connectivity index (χ1v) is 9.91. The molecule has 0 aromatic carbocycles. The third-order valence-electron chi connectivity index (χ3n) is 4.97. The van der Waals surface area contributed by atoms with Crippen molar-refractivity contribution in [1.82, 2.24) is 15.5 Å². The van der Waals surface area contributed by atoms with Crippen molar-refractivity contribution in [2.75, 3.05) is 45.5 Å². The number of piperidine rings is 1. The Morgan fingerprint density at radius 3 is 2.73 bits per heavy atom. The fraction of sp³-hybridized carbons (Fsp3) is 0.941. The molecule has 0 spiro atoms. The minimum absolute atomic E-state index is 0.391. The Morgan fingerprint density at radius 1 is 1.32 bits per heavy atom. The zero-order valence-electron chi connectivity index (χ0n) is 14.7. The molecule has 128 valence electrons. The third kappa shape index (κ3) is 5.99. The van der Waals surface area contributed by atoms with Crippen molar-refractivity contribution >= 4 is 17.7 Å². The summed E-state index contributed by atoms with van der Waals surface area (Å²) in [6, 6.07) is 0. The molecule has 1 atom stereocenters. The van der Waals surface area contributed by atoms with Crippen LogP contribution < -0.4 is 10.6 Å². The molecule has 0 saturated carbocycles. The molecule has 2 fully saturated rings. The Morgan fingerprint density at radius 2 is 2.09 bits per heavy atom. The van der Waals surface area contributed by atoms with Crippen LogP contribution in [-0.2, 0) is 0 Å². The number of aliphatic imine (C=N–C) groups is 1. The van der Waals surface area contributed by atoms with E-state index in [-0.39, 0.29) is 0 Å². The lowest BCUT2D eigenvalue weighted by atomic mass is 9.99. The lowest BCUT2D eigenvalue weighted by Gasteiger charge is -2.30. The molecule has 2 saturated heterocycles. The van der Waals surface area contributed by atoms with Gasteiger partial charge in [0.1, 0.15) is 0 Å². The minimum atomic E-state index is 0.391. The second kappa shape index (κ2) is 9.02. The topological polar surface area (TPSA) is 39.7 Å². The molecule has 2 N–H and O–H groups in total. The van der Waals surface area contributed by atoms with Crippen LogP contribution in [0.1, 0.15) is 46.0 Å². The molecule has 0 amide bonds. The molecule has 1 unspecified atom stereocenters. The van der Waals surface area contributed by atoms with Crippen LogP contribution in [0.5, 0.6) is 0 Å². The van der Waals surface area contributed by atoms with E-state index >= 15 is 0 Å². The van der Waals surface area contributed by atoms with Crippen LogP contribution in [0.2, 0.25) is 0 Å². The second-order valence-corrected chi connectivity index (χ2v) is 8.81. The molecule has 2 aliphatic rings. The summed E-state index contributed by atoms with van der Waals surface area (Å²) in [6.45, 7) is 10.5. The number of nitrogens with one attached hydrogen (secondary N) is 2. The SMILES string of the molecule is CN=C(NCCCN1CCC(C)CC1)NCC1(C)CCCS1. The Bertz CT molecular complexity index is 345. The number of nitrogens with zero attached hydrogens (tertiary/aromatic N) is 2. The molecule has 0 bridgehead atoms. The number of thioether (sulfide) groups is 1. The summed E-state index contributed by atoms with van der Waals surface area (Å²) in [5, 5.41) is 6.96. The molecular formula is C17H34N4S. The maximum Gasteiger partial charge on any atom is 0.191 e. The van der Waals surface area contributed by atoms with E-state index in [0.29, 0.717) is 4.75 Å². The molecule has 0 radical (unpaired) electrons. The second-order valence-electron chi connectivity index (χ2n) is 7.13. The third-order valence-corrected chi connectivity index (χ3v) is 6.51. The zero-order valence-corrected chi connectivity index (χ0v) is 15.5. The number of hydrogen-bond acceptors (Lipinski definition) is 3. The van der Waals surface area contributed by atoms with Gasteiger partial charge in [0.05, 0.1) is 0 Å². The molecule has 4 nitrogen and oxygen atoms in total. The zero-order chi connectivity index (χ0) is 15.8. The Hall–Kier alpha value is -0.420. The fourth-order valence-corrected chi connectivity index (χ4v) is 4.51. The van der Waals surface area contributed by atoms with Crippen molar-refractivity contribution < 1.29 is 0 Å². The average molecular weight is 327 g/mol. The maximum atomic E-state index is 4.35. The molecule has 2 aliphatic heterocycles. The predicted molar refractivity (Wildman–Crippen MR) is 98.9 cm³/mol. The van der Waals surface area contributed by atoms with Crippen LogP contribution in [0.25, 0.3) is 0 Å². The lowest BCUT2D eigenvalue weighted by molar-refractivity contribution is 0.191. The summed E-state index contributed by atoms with van der Waals surface area (Å²) in [6.07, 6.45) is 6.60. The molecule has 0 aromatic rings. The Labute approximate surface area is 140 Å². The first-order valence-electron chi connectivity index (χ1n) is 8.92. The monoisotopic (exact) mass is 326 g/mol. The molecule has 0 aromatic heterocycles. The van der Waals surface area contributed by atoms with E-state index in [1.165, 1.54) is 57.5 Å². The first-order chi connectivity index (χ1) is 10.6. The number of guanidine groups is 1. The van der Waals surface area contributed by atoms with Crippen LogP contribution >= 0.6 is 11.8 Å². The van der Waals surface area contributed by atoms with Gasteiger partial charge in [0.25, 0.3) is 0 Å². The van der Waals surface area contributed by atoms with E-state index in [2.05, 4.69) is 46.1 Å². The van der Waals surface area contributed by atoms with Crippen LogP contribution in [-0.4, -0.2) is 61.1 Å². The standard InChI is InChI=1S/C17H34N4S/c1-15-6-11-21(12-7-15)10-5-9-19-16(18-3)20-14-17(2)8-4-13-22-17/h15H,4-14H2,1-3H3,(H2,18,19,20). The largest absolute Gasteiger partial charge is 0.356 e. The minimum Gasteiger partial charge on any atom is -0.356 e. The van der Waals surface area contributed by atoms with Crippen molar-refractivity contribution in [2.45, 2.75) is 50.7 Å². The van der Waals surface area contributed by atoms with Gasteiger partial charge < -0.3 is 15.5 Å². The van der Waals surface area contributed by atoms with E-state index in [0.717, 1.165) is 25.0 Å². The Balaban J connectivity index is 1.56. The van der Waals surface area contributed by atoms with Gasteiger partial charge in [-0.05, 0) is 70.3 Å². The number of rotatable bonds is 6. The van der Waals surface area contributed by atoms with Crippen molar-refractivity contribution in [2.24, 2.45) is 10.9 Å². The molecule has 2 heterocycles. The van der Waals surface area contributed by atoms with Gasteiger partial charge in [-0.1, -0.05) is 6.92 Å². The quantitative estimate of drug-likeness (QED) is 0.447. The summed E-state index contributed by atoms with van der Waals surface area (Å²) in [7, 11) is 1.87. The summed E-state index contributed by atoms with van der Waals surface area (Å²) in [5.74, 6) is 3.19. The molecule has 2 rings (SSSR count). The van der Waals surface area contributed by atoms with E-state index in [9.17, 15) is 0 Å². The summed E-state index contributed by atoms with van der Waals surface area (Å²) in [4.78, 5) is 6.95. The fourth-order valence-electron chi connectivity index (χ4n) is 3.26. The normalized spacial score (nSPS) is 28.0. The summed E-state index contributed by atoms with van der Waals surface area (Å²) < 4.78 is 0.391. The van der Waals surface area contributed by atoms with Crippen LogP contribution in [0.3, 0.4) is 0 Å². The molecule has 5 heteroatoms. The maximum absolute atomic E-state index is 4.35. The van der Waals surface area contributed by atoms with E-state index in [4.69, 9.17) is 0 Å². The van der Waals surface area contributed by atoms with Gasteiger partial charge in [-0.3, -0.25) is 4.99 Å². The lowest BCUT2D eigenvalue weighted by Crippen LogP contribution is -2.44. The van der Waals surface area contributed by atoms with Gasteiger partial charge >= 0.3 is 0 Å². The summed E-state index contributed by atoms with van der Waals surface area (Å²) in [5.41, 5.74) is 0.